The highest BCUT2D eigenvalue weighted by molar-refractivity contribution is 5.64. The Bertz CT molecular complexity index is 1070. The minimum Gasteiger partial charge on any atom is -0.350 e. The van der Waals surface area contributed by atoms with Gasteiger partial charge in [-0.15, -0.1) is 5.06 Å². The first kappa shape index (κ1) is 18.6. The molecule has 1 aromatic heterocycles. The third kappa shape index (κ3) is 3.49. The molecule has 0 saturated carbocycles. The Balaban J connectivity index is 1.50. The molecule has 0 bridgehead atoms. The van der Waals surface area contributed by atoms with Crippen molar-refractivity contribution in [2.75, 3.05) is 12.0 Å². The molecule has 0 saturated heterocycles. The van der Waals surface area contributed by atoms with Crippen LogP contribution in [0, 0.1) is 0 Å². The van der Waals surface area contributed by atoms with Crippen molar-refractivity contribution in [2.24, 2.45) is 5.73 Å². The van der Waals surface area contributed by atoms with Gasteiger partial charge in [0.15, 0.2) is 0 Å². The maximum Gasteiger partial charge on any atom is 0.423 e. The number of hydrogen-bond donors (Lipinski definition) is 2. The molecule has 30 heavy (non-hydrogen) atoms. The van der Waals surface area contributed by atoms with Crippen molar-refractivity contribution in [3.8, 4) is 0 Å². The number of carbonyl (C=O) groups is 1. The number of carbonyl (C=O) groups excluding carboxylic acids is 1. The lowest BCUT2D eigenvalue weighted by atomic mass is 9.86. The number of primary amides is 1. The summed E-state index contributed by atoms with van der Waals surface area (Å²) in [4.78, 5) is 21.1. The number of hydrogen-bond acceptors (Lipinski definition) is 6. The van der Waals surface area contributed by atoms with Gasteiger partial charge < -0.3 is 16.0 Å². The fraction of sp³-hybridized carbons (Fsp3) is 0.217. The van der Waals surface area contributed by atoms with E-state index in [0.29, 0.717) is 6.54 Å². The highest BCUT2D eigenvalue weighted by Gasteiger charge is 2.34. The average molecular weight is 401 g/mol. The third-order valence-corrected chi connectivity index (χ3v) is 5.73. The van der Waals surface area contributed by atoms with Gasteiger partial charge in [-0.1, -0.05) is 42.5 Å². The topological polar surface area (TPSA) is 83.7 Å². The van der Waals surface area contributed by atoms with E-state index in [1.54, 1.807) is 17.5 Å². The van der Waals surface area contributed by atoms with Gasteiger partial charge in [0.05, 0.1) is 11.7 Å². The van der Waals surface area contributed by atoms with Crippen LogP contribution in [0.5, 0.6) is 0 Å². The molecule has 0 radical (unpaired) electrons. The predicted octanol–water partition coefficient (Wildman–Crippen LogP) is 3.38. The lowest BCUT2D eigenvalue weighted by molar-refractivity contribution is -0.123. The molecule has 1 atom stereocenters. The molecule has 152 valence electrons. The number of benzene rings is 2. The zero-order chi connectivity index (χ0) is 20.5. The fourth-order valence-electron chi connectivity index (χ4n) is 4.47. The minimum atomic E-state index is -0.784. The summed E-state index contributed by atoms with van der Waals surface area (Å²) in [5.41, 5.74) is 15.9. The van der Waals surface area contributed by atoms with Crippen LogP contribution in [0.2, 0.25) is 0 Å². The molecule has 2 aliphatic heterocycles. The van der Waals surface area contributed by atoms with Crippen molar-refractivity contribution in [3.05, 3.63) is 94.8 Å². The Labute approximate surface area is 175 Å². The number of rotatable bonds is 4. The van der Waals surface area contributed by atoms with Gasteiger partial charge in [-0.3, -0.25) is 4.98 Å². The van der Waals surface area contributed by atoms with Crippen LogP contribution in [-0.4, -0.2) is 27.7 Å². The van der Waals surface area contributed by atoms with Crippen LogP contribution in [0.4, 0.5) is 10.5 Å². The Morgan fingerprint density at radius 3 is 2.60 bits per heavy atom. The van der Waals surface area contributed by atoms with Gasteiger partial charge >= 0.3 is 6.09 Å². The monoisotopic (exact) mass is 401 g/mol. The number of hydrazine groups is 1. The Morgan fingerprint density at radius 1 is 1.00 bits per heavy atom. The number of anilines is 1. The van der Waals surface area contributed by atoms with Gasteiger partial charge in [-0.25, -0.2) is 9.80 Å². The number of hydroxylamine groups is 2. The van der Waals surface area contributed by atoms with E-state index in [-0.39, 0.29) is 6.04 Å². The van der Waals surface area contributed by atoms with Crippen molar-refractivity contribution in [1.82, 2.24) is 15.1 Å². The molecular formula is C23H23N5O2. The first-order valence-corrected chi connectivity index (χ1v) is 10.0. The van der Waals surface area contributed by atoms with Crippen LogP contribution < -0.4 is 11.2 Å². The molecule has 7 heteroatoms. The number of aromatic nitrogens is 1. The molecule has 0 aliphatic carbocycles. The highest BCUT2D eigenvalue weighted by atomic mass is 16.7. The van der Waals surface area contributed by atoms with Gasteiger partial charge in [-0.05, 0) is 46.4 Å². The largest absolute Gasteiger partial charge is 0.423 e. The molecule has 1 unspecified atom stereocenters. The van der Waals surface area contributed by atoms with Crippen molar-refractivity contribution < 1.29 is 9.63 Å². The molecular weight excluding hydrogens is 378 g/mol. The van der Waals surface area contributed by atoms with E-state index in [4.69, 9.17) is 10.6 Å². The second-order valence-electron chi connectivity index (χ2n) is 7.59. The highest BCUT2D eigenvalue weighted by Crippen LogP contribution is 2.39. The quantitative estimate of drug-likeness (QED) is 0.697. The molecule has 1 amide bonds. The van der Waals surface area contributed by atoms with Crippen LogP contribution in [0.15, 0.2) is 67.0 Å². The van der Waals surface area contributed by atoms with Crippen LogP contribution >= 0.6 is 0 Å². The molecule has 2 aromatic carbocycles. The summed E-state index contributed by atoms with van der Waals surface area (Å²) in [5, 5.41) is 3.90. The smallest absolute Gasteiger partial charge is 0.350 e. The maximum absolute atomic E-state index is 11.6. The molecule has 5 rings (SSSR count). The summed E-state index contributed by atoms with van der Waals surface area (Å²) in [7, 11) is 0. The van der Waals surface area contributed by atoms with Gasteiger partial charge in [0, 0.05) is 32.0 Å². The molecule has 3 aromatic rings. The summed E-state index contributed by atoms with van der Waals surface area (Å²) < 4.78 is 0. The number of nitrogens with one attached hydrogen (secondary N) is 1. The molecule has 3 N–H and O–H groups in total. The second-order valence-corrected chi connectivity index (χ2v) is 7.59. The Morgan fingerprint density at radius 2 is 1.77 bits per heavy atom. The molecule has 3 heterocycles. The fourth-order valence-corrected chi connectivity index (χ4v) is 4.47. The average Bonchev–Trinajstić information content (AvgIpc) is 3.16. The summed E-state index contributed by atoms with van der Waals surface area (Å²) in [6.45, 7) is 2.14. The number of pyridine rings is 1. The standard InChI is InChI=1S/C23H23N5O2/c24-23(29)30-28-13-10-16-4-1-2-6-19(16)22(28)20-7-3-5-17-14-27(15-21(17)20)26-18-8-11-25-12-9-18/h1-9,11-12,22H,10,13-15H2,(H2,24,29)(H,25,26). The number of nitrogens with zero attached hydrogens (tertiary/aromatic N) is 3. The van der Waals surface area contributed by atoms with E-state index in [9.17, 15) is 4.79 Å². The predicted molar refractivity (Wildman–Crippen MR) is 113 cm³/mol. The van der Waals surface area contributed by atoms with E-state index in [2.05, 4.69) is 51.8 Å². The summed E-state index contributed by atoms with van der Waals surface area (Å²) in [6, 6.07) is 18.4. The van der Waals surface area contributed by atoms with E-state index < -0.39 is 6.09 Å². The van der Waals surface area contributed by atoms with Gasteiger partial charge in [0.1, 0.15) is 0 Å². The lowest BCUT2D eigenvalue weighted by Crippen LogP contribution is -2.39. The van der Waals surface area contributed by atoms with Gasteiger partial charge in [-0.2, -0.15) is 0 Å². The first-order chi connectivity index (χ1) is 14.7. The summed E-state index contributed by atoms with van der Waals surface area (Å²) in [6.07, 6.45) is 3.57. The zero-order valence-corrected chi connectivity index (χ0v) is 16.5. The molecule has 0 fully saturated rings. The number of amides is 1. The third-order valence-electron chi connectivity index (χ3n) is 5.73. The normalized spacial score (nSPS) is 18.5. The van der Waals surface area contributed by atoms with Crippen molar-refractivity contribution in [2.45, 2.75) is 25.6 Å². The van der Waals surface area contributed by atoms with E-state index in [0.717, 1.165) is 36.3 Å². The second kappa shape index (κ2) is 7.78. The minimum absolute atomic E-state index is 0.182. The van der Waals surface area contributed by atoms with E-state index >= 15 is 0 Å². The van der Waals surface area contributed by atoms with Crippen LogP contribution in [0.3, 0.4) is 0 Å². The summed E-state index contributed by atoms with van der Waals surface area (Å²) >= 11 is 0. The van der Waals surface area contributed by atoms with Crippen LogP contribution in [0.25, 0.3) is 0 Å². The van der Waals surface area contributed by atoms with E-state index in [1.165, 1.54) is 16.7 Å². The van der Waals surface area contributed by atoms with Crippen molar-refractivity contribution >= 4 is 11.8 Å². The number of fused-ring (bicyclic) bond motifs is 2. The zero-order valence-electron chi connectivity index (χ0n) is 16.5. The first-order valence-electron chi connectivity index (χ1n) is 10.0. The lowest BCUT2D eigenvalue weighted by Gasteiger charge is -2.36. The number of nitrogens with two attached hydrogens (primary N) is 1. The molecule has 7 nitrogen and oxygen atoms in total. The Hall–Kier alpha value is -3.42. The molecule has 2 aliphatic rings. The van der Waals surface area contributed by atoms with Gasteiger partial charge in [0.25, 0.3) is 0 Å². The van der Waals surface area contributed by atoms with Crippen molar-refractivity contribution in [3.63, 3.8) is 0 Å². The van der Waals surface area contributed by atoms with Crippen LogP contribution in [0.1, 0.15) is 33.9 Å². The summed E-state index contributed by atoms with van der Waals surface area (Å²) in [5.74, 6) is 0. The van der Waals surface area contributed by atoms with E-state index in [1.807, 2.05) is 18.2 Å². The van der Waals surface area contributed by atoms with Gasteiger partial charge in [0.2, 0.25) is 0 Å². The van der Waals surface area contributed by atoms with Crippen molar-refractivity contribution in [1.29, 1.82) is 0 Å². The van der Waals surface area contributed by atoms with Crippen LogP contribution in [-0.2, 0) is 24.3 Å². The SMILES string of the molecule is NC(=O)ON1CCc2ccccc2C1c1cccc2c1CN(Nc1ccncc1)C2. The Kier molecular flexibility index (Phi) is 4.82. The molecule has 0 spiro atoms. The maximum atomic E-state index is 11.6.